The third-order valence-electron chi connectivity index (χ3n) is 12.3. The Bertz CT molecular complexity index is 1230. The maximum absolute atomic E-state index is 12.8. The number of carbonyl (C=O) groups excluding carboxylic acids is 2. The molecule has 13 nitrogen and oxygen atoms in total. The normalized spacial score (nSPS) is 21.5. The second-order valence-electron chi connectivity index (χ2n) is 18.4. The van der Waals surface area contributed by atoms with Gasteiger partial charge in [-0.25, -0.2) is 4.57 Å². The van der Waals surface area contributed by atoms with Crippen LogP contribution < -0.4 is 0 Å². The minimum atomic E-state index is -5.13. The van der Waals surface area contributed by atoms with Gasteiger partial charge in [-0.1, -0.05) is 186 Å². The molecule has 0 saturated heterocycles. The monoisotopic (exact) mass is 947 g/mol. The first kappa shape index (κ1) is 61.3. The molecule has 0 aliphatic heterocycles. The predicted octanol–water partition coefficient (Wildman–Crippen LogP) is 11.2. The highest BCUT2D eigenvalue weighted by molar-refractivity contribution is 7.47. The van der Waals surface area contributed by atoms with Gasteiger partial charge in [-0.2, -0.15) is 0 Å². The van der Waals surface area contributed by atoms with Gasteiger partial charge in [0.1, 0.15) is 43.2 Å². The lowest BCUT2D eigenvalue weighted by Crippen LogP contribution is -2.64. The van der Waals surface area contributed by atoms with E-state index in [-0.39, 0.29) is 12.8 Å². The molecule has 0 aromatic rings. The molecule has 1 aliphatic rings. The number of aliphatic hydroxyl groups excluding tert-OH is 5. The number of phosphoric ester groups is 1. The summed E-state index contributed by atoms with van der Waals surface area (Å²) in [5.74, 6) is -1.15. The summed E-state index contributed by atoms with van der Waals surface area (Å²) >= 11 is 0. The standard InChI is InChI=1S/C51H95O13P/c1-3-5-7-9-11-13-15-17-18-19-20-21-22-23-24-25-26-28-30-32-34-36-38-40-45(53)63-43(42-62-65(59,60)64-51-49(57)47(55)46(54)48(56)50(51)58)41-61-44(52)39-37-35-33-31-29-27-16-14-12-10-8-6-4-2/h27,29,32,34,43,46-51,54-58H,3-26,28,30-31,33,35-42H2,1-2H3,(H,59,60)/b29-27+,34-32+/t43-,46?,47-,48?,49?,50?,51?/m1/s1. The molecule has 0 bridgehead atoms. The molecule has 0 amide bonds. The van der Waals surface area contributed by atoms with Crippen LogP contribution in [-0.4, -0.2) is 98.3 Å². The number of unbranched alkanes of at least 4 members (excludes halogenated alkanes) is 28. The van der Waals surface area contributed by atoms with E-state index in [9.17, 15) is 44.6 Å². The number of hydrogen-bond donors (Lipinski definition) is 6. The third kappa shape index (κ3) is 33.5. The first-order chi connectivity index (χ1) is 31.4. The predicted molar refractivity (Wildman–Crippen MR) is 258 cm³/mol. The highest BCUT2D eigenvalue weighted by Crippen LogP contribution is 2.47. The topological polar surface area (TPSA) is 210 Å². The van der Waals surface area contributed by atoms with Crippen LogP contribution in [0.5, 0.6) is 0 Å². The SMILES string of the molecule is CCCCCCCC/C=C/CCCCCC(=O)OC[C@H](COP(=O)(O)OC1C(O)C(O)C(O)[C@@H](O)C1O)OC(=O)CCC/C=C/CCCCCCCCCCCCCCCCCCCC. The van der Waals surface area contributed by atoms with Gasteiger partial charge < -0.3 is 39.9 Å². The molecule has 14 heteroatoms. The lowest BCUT2D eigenvalue weighted by Gasteiger charge is -2.41. The maximum Gasteiger partial charge on any atom is 0.472 e. The Morgan fingerprint density at radius 3 is 1.22 bits per heavy atom. The van der Waals surface area contributed by atoms with Gasteiger partial charge in [0.2, 0.25) is 0 Å². The van der Waals surface area contributed by atoms with Crippen molar-refractivity contribution in [2.75, 3.05) is 13.2 Å². The number of aliphatic hydroxyl groups is 5. The summed E-state index contributed by atoms with van der Waals surface area (Å²) < 4.78 is 33.6. The molecule has 65 heavy (non-hydrogen) atoms. The fraction of sp³-hybridized carbons (Fsp3) is 0.882. The van der Waals surface area contributed by atoms with Crippen molar-refractivity contribution < 1.29 is 63.1 Å². The van der Waals surface area contributed by atoms with Crippen molar-refractivity contribution in [2.45, 2.75) is 275 Å². The summed E-state index contributed by atoms with van der Waals surface area (Å²) in [6, 6.07) is 0. The van der Waals surface area contributed by atoms with Crippen LogP contribution in [0.1, 0.15) is 232 Å². The van der Waals surface area contributed by atoms with Crippen molar-refractivity contribution in [3.8, 4) is 0 Å². The van der Waals surface area contributed by atoms with Gasteiger partial charge in [0.25, 0.3) is 0 Å². The average molecular weight is 947 g/mol. The molecule has 1 rings (SSSR count). The van der Waals surface area contributed by atoms with E-state index in [1.54, 1.807) is 0 Å². The number of hydrogen-bond acceptors (Lipinski definition) is 12. The van der Waals surface area contributed by atoms with E-state index < -0.39 is 75.7 Å². The van der Waals surface area contributed by atoms with Crippen molar-refractivity contribution in [3.05, 3.63) is 24.3 Å². The molecule has 0 radical (unpaired) electrons. The first-order valence-corrected chi connectivity index (χ1v) is 27.6. The number of carbonyl (C=O) groups is 2. The summed E-state index contributed by atoms with van der Waals surface area (Å²) in [4.78, 5) is 35.8. The Morgan fingerprint density at radius 1 is 0.462 bits per heavy atom. The molecule has 8 atom stereocenters. The zero-order chi connectivity index (χ0) is 47.8. The van der Waals surface area contributed by atoms with Crippen LogP contribution in [0.25, 0.3) is 0 Å². The Balaban J connectivity index is 2.38. The fourth-order valence-electron chi connectivity index (χ4n) is 8.05. The lowest BCUT2D eigenvalue weighted by atomic mass is 9.85. The van der Waals surface area contributed by atoms with E-state index in [4.69, 9.17) is 18.5 Å². The molecule has 382 valence electrons. The zero-order valence-corrected chi connectivity index (χ0v) is 41.7. The molecule has 0 spiro atoms. The molecule has 0 aromatic carbocycles. The van der Waals surface area contributed by atoms with Gasteiger partial charge in [-0.15, -0.1) is 0 Å². The van der Waals surface area contributed by atoms with Crippen LogP contribution in [0.2, 0.25) is 0 Å². The summed E-state index contributed by atoms with van der Waals surface area (Å²) in [6.07, 6.45) is 33.9. The summed E-state index contributed by atoms with van der Waals surface area (Å²) in [6.45, 7) is 3.29. The van der Waals surface area contributed by atoms with Crippen molar-refractivity contribution in [3.63, 3.8) is 0 Å². The molecule has 0 heterocycles. The minimum Gasteiger partial charge on any atom is -0.462 e. The number of ether oxygens (including phenoxy) is 2. The molecular formula is C51H95O13P. The number of esters is 2. The van der Waals surface area contributed by atoms with Gasteiger partial charge in [0.05, 0.1) is 6.61 Å². The van der Waals surface area contributed by atoms with E-state index in [2.05, 4.69) is 38.2 Å². The van der Waals surface area contributed by atoms with E-state index in [1.165, 1.54) is 148 Å². The van der Waals surface area contributed by atoms with Gasteiger partial charge in [-0.05, 0) is 57.8 Å². The Kier molecular flexibility index (Phi) is 39.0. The highest BCUT2D eigenvalue weighted by atomic mass is 31.2. The average Bonchev–Trinajstić information content (AvgIpc) is 3.29. The Morgan fingerprint density at radius 2 is 0.800 bits per heavy atom. The van der Waals surface area contributed by atoms with Gasteiger partial charge >= 0.3 is 19.8 Å². The second kappa shape index (κ2) is 41.3. The van der Waals surface area contributed by atoms with Crippen LogP contribution in [-0.2, 0) is 32.7 Å². The van der Waals surface area contributed by atoms with Crippen molar-refractivity contribution in [1.82, 2.24) is 0 Å². The summed E-state index contributed by atoms with van der Waals surface area (Å²) in [5, 5.41) is 50.2. The fourth-order valence-corrected chi connectivity index (χ4v) is 9.02. The molecule has 1 aliphatic carbocycles. The first-order valence-electron chi connectivity index (χ1n) is 26.1. The van der Waals surface area contributed by atoms with Crippen molar-refractivity contribution in [1.29, 1.82) is 0 Å². The molecule has 1 fully saturated rings. The van der Waals surface area contributed by atoms with Crippen LogP contribution in [0.3, 0.4) is 0 Å². The van der Waals surface area contributed by atoms with Crippen molar-refractivity contribution >= 4 is 19.8 Å². The smallest absolute Gasteiger partial charge is 0.462 e. The Hall–Kier alpha value is -1.67. The quantitative estimate of drug-likeness (QED) is 0.0146. The zero-order valence-electron chi connectivity index (χ0n) is 40.8. The van der Waals surface area contributed by atoms with Gasteiger partial charge in [-0.3, -0.25) is 18.6 Å². The number of phosphoric acid groups is 1. The van der Waals surface area contributed by atoms with E-state index >= 15 is 0 Å². The van der Waals surface area contributed by atoms with Crippen LogP contribution in [0.4, 0.5) is 0 Å². The van der Waals surface area contributed by atoms with Gasteiger partial charge in [0.15, 0.2) is 6.10 Å². The van der Waals surface area contributed by atoms with Crippen molar-refractivity contribution in [2.24, 2.45) is 0 Å². The van der Waals surface area contributed by atoms with E-state index in [1.807, 2.05) is 0 Å². The van der Waals surface area contributed by atoms with Crippen LogP contribution >= 0.6 is 7.82 Å². The molecule has 0 aromatic heterocycles. The van der Waals surface area contributed by atoms with Crippen LogP contribution in [0, 0.1) is 0 Å². The maximum atomic E-state index is 12.8. The second-order valence-corrected chi connectivity index (χ2v) is 19.8. The summed E-state index contributed by atoms with van der Waals surface area (Å²) in [7, 11) is -5.13. The van der Waals surface area contributed by atoms with Gasteiger partial charge in [0, 0.05) is 12.8 Å². The molecule has 6 unspecified atom stereocenters. The lowest BCUT2D eigenvalue weighted by molar-refractivity contribution is -0.220. The van der Waals surface area contributed by atoms with E-state index in [0.29, 0.717) is 19.3 Å². The highest BCUT2D eigenvalue weighted by Gasteiger charge is 2.51. The van der Waals surface area contributed by atoms with E-state index in [0.717, 1.165) is 38.5 Å². The van der Waals surface area contributed by atoms with Crippen LogP contribution in [0.15, 0.2) is 24.3 Å². The third-order valence-corrected chi connectivity index (χ3v) is 13.3. The minimum absolute atomic E-state index is 0.0488. The largest absolute Gasteiger partial charge is 0.472 e. The Labute approximate surface area is 394 Å². The summed E-state index contributed by atoms with van der Waals surface area (Å²) in [5.41, 5.74) is 0. The molecule has 1 saturated carbocycles. The number of allylic oxidation sites excluding steroid dienone is 4. The molecular weight excluding hydrogens is 852 g/mol. The number of rotatable bonds is 44. The molecule has 6 N–H and O–H groups in total.